The highest BCUT2D eigenvalue weighted by molar-refractivity contribution is 7.09. The van der Waals surface area contributed by atoms with Gasteiger partial charge in [-0.15, -0.1) is 11.3 Å². The Morgan fingerprint density at radius 3 is 2.88 bits per heavy atom. The van der Waals surface area contributed by atoms with Crippen molar-refractivity contribution in [1.82, 2.24) is 5.32 Å². The van der Waals surface area contributed by atoms with Gasteiger partial charge in [0.05, 0.1) is 0 Å². The van der Waals surface area contributed by atoms with Crippen LogP contribution in [0.4, 0.5) is 0 Å². The van der Waals surface area contributed by atoms with E-state index in [2.05, 4.69) is 16.8 Å². The van der Waals surface area contributed by atoms with Crippen LogP contribution in [0.2, 0.25) is 0 Å². The summed E-state index contributed by atoms with van der Waals surface area (Å²) in [6, 6.07) is 4.32. The monoisotopic (exact) mass is 240 g/mol. The fraction of sp³-hybridized carbons (Fsp3) is 0.583. The van der Waals surface area contributed by atoms with Gasteiger partial charge in [-0.2, -0.15) is 0 Å². The maximum Gasteiger partial charge on any atom is 0.220 e. The van der Waals surface area contributed by atoms with Gasteiger partial charge >= 0.3 is 0 Å². The van der Waals surface area contributed by atoms with Gasteiger partial charge in [-0.25, -0.2) is 0 Å². The van der Waals surface area contributed by atoms with E-state index in [1.165, 1.54) is 4.88 Å². The lowest BCUT2D eigenvalue weighted by Crippen LogP contribution is -2.35. The van der Waals surface area contributed by atoms with Gasteiger partial charge in [0.2, 0.25) is 5.91 Å². The van der Waals surface area contributed by atoms with Crippen molar-refractivity contribution in [2.75, 3.05) is 6.54 Å². The Bertz CT molecular complexity index is 311. The molecule has 1 rings (SSSR count). The number of hydrogen-bond donors (Lipinski definition) is 2. The van der Waals surface area contributed by atoms with E-state index in [1.54, 1.807) is 11.3 Å². The van der Waals surface area contributed by atoms with E-state index in [0.29, 0.717) is 13.0 Å². The van der Waals surface area contributed by atoms with Crippen LogP contribution < -0.4 is 11.1 Å². The lowest BCUT2D eigenvalue weighted by molar-refractivity contribution is -0.122. The minimum absolute atomic E-state index is 0.0991. The van der Waals surface area contributed by atoms with E-state index in [4.69, 9.17) is 5.73 Å². The number of hydrogen-bond acceptors (Lipinski definition) is 3. The third-order valence-electron chi connectivity index (χ3n) is 2.43. The highest BCUT2D eigenvalue weighted by Crippen LogP contribution is 2.11. The van der Waals surface area contributed by atoms with Crippen molar-refractivity contribution in [2.24, 2.45) is 11.7 Å². The molecule has 1 heterocycles. The molecule has 2 unspecified atom stereocenters. The summed E-state index contributed by atoms with van der Waals surface area (Å²) >= 11 is 1.73. The first-order valence-electron chi connectivity index (χ1n) is 5.63. The Hall–Kier alpha value is -0.870. The van der Waals surface area contributed by atoms with Crippen molar-refractivity contribution in [3.05, 3.63) is 22.4 Å². The number of carbonyl (C=O) groups is 1. The zero-order valence-corrected chi connectivity index (χ0v) is 10.7. The molecule has 1 aromatic heterocycles. The highest BCUT2D eigenvalue weighted by Gasteiger charge is 2.11. The number of thiophene rings is 1. The topological polar surface area (TPSA) is 55.1 Å². The maximum absolute atomic E-state index is 11.6. The van der Waals surface area contributed by atoms with Crippen molar-refractivity contribution >= 4 is 17.2 Å². The van der Waals surface area contributed by atoms with Gasteiger partial charge in [0.1, 0.15) is 0 Å². The molecule has 90 valence electrons. The van der Waals surface area contributed by atoms with Crippen LogP contribution in [0.5, 0.6) is 0 Å². The molecule has 3 N–H and O–H groups in total. The largest absolute Gasteiger partial charge is 0.353 e. The molecule has 0 radical (unpaired) electrons. The molecule has 0 saturated heterocycles. The average molecular weight is 240 g/mol. The van der Waals surface area contributed by atoms with Crippen LogP contribution in [-0.4, -0.2) is 18.5 Å². The van der Waals surface area contributed by atoms with Crippen LogP contribution in [0.1, 0.15) is 25.1 Å². The SMILES string of the molecule is CC(CN)CC(=O)NC(C)Cc1cccs1. The first kappa shape index (κ1) is 13.2. The molecule has 0 aromatic carbocycles. The number of nitrogens with two attached hydrogens (primary N) is 1. The van der Waals surface area contributed by atoms with Gasteiger partial charge in [-0.05, 0) is 30.8 Å². The summed E-state index contributed by atoms with van der Waals surface area (Å²) in [6.45, 7) is 4.58. The summed E-state index contributed by atoms with van der Waals surface area (Å²) in [5.74, 6) is 0.357. The van der Waals surface area contributed by atoms with Crippen molar-refractivity contribution in [3.8, 4) is 0 Å². The van der Waals surface area contributed by atoms with Crippen molar-refractivity contribution in [2.45, 2.75) is 32.7 Å². The summed E-state index contributed by atoms with van der Waals surface area (Å²) in [5.41, 5.74) is 5.48. The zero-order chi connectivity index (χ0) is 12.0. The van der Waals surface area contributed by atoms with Crippen molar-refractivity contribution in [3.63, 3.8) is 0 Å². The number of carbonyl (C=O) groups excluding carboxylic acids is 1. The molecule has 3 nitrogen and oxygen atoms in total. The molecule has 1 aromatic rings. The smallest absolute Gasteiger partial charge is 0.220 e. The molecular weight excluding hydrogens is 220 g/mol. The molecule has 0 aliphatic heterocycles. The van der Waals surface area contributed by atoms with Gasteiger partial charge in [0.15, 0.2) is 0 Å². The highest BCUT2D eigenvalue weighted by atomic mass is 32.1. The van der Waals surface area contributed by atoms with Crippen LogP contribution >= 0.6 is 11.3 Å². The van der Waals surface area contributed by atoms with Gasteiger partial charge in [0, 0.05) is 23.8 Å². The molecule has 0 fully saturated rings. The van der Waals surface area contributed by atoms with E-state index in [9.17, 15) is 4.79 Å². The molecule has 0 aliphatic rings. The second-order valence-electron chi connectivity index (χ2n) is 4.30. The van der Waals surface area contributed by atoms with Crippen LogP contribution in [0.15, 0.2) is 17.5 Å². The quantitative estimate of drug-likeness (QED) is 0.796. The molecule has 0 aliphatic carbocycles. The second-order valence-corrected chi connectivity index (χ2v) is 5.33. The standard InChI is InChI=1S/C12H20N2OS/c1-9(8-13)6-12(15)14-10(2)7-11-4-3-5-16-11/h3-5,9-10H,6-8,13H2,1-2H3,(H,14,15). The van der Waals surface area contributed by atoms with Crippen LogP contribution in [0, 0.1) is 5.92 Å². The normalized spacial score (nSPS) is 14.4. The zero-order valence-electron chi connectivity index (χ0n) is 9.90. The minimum atomic E-state index is 0.0991. The molecule has 0 spiro atoms. The molecule has 16 heavy (non-hydrogen) atoms. The molecular formula is C12H20N2OS. The van der Waals surface area contributed by atoms with Gasteiger partial charge in [-0.1, -0.05) is 13.0 Å². The summed E-state index contributed by atoms with van der Waals surface area (Å²) in [6.07, 6.45) is 1.42. The Morgan fingerprint density at radius 1 is 1.56 bits per heavy atom. The molecule has 0 saturated carbocycles. The lowest BCUT2D eigenvalue weighted by Gasteiger charge is -2.14. The van der Waals surface area contributed by atoms with Crippen LogP contribution in [-0.2, 0) is 11.2 Å². The Kier molecular flexibility index (Phi) is 5.49. The number of nitrogens with one attached hydrogen (secondary N) is 1. The van der Waals surface area contributed by atoms with Crippen molar-refractivity contribution < 1.29 is 4.79 Å². The summed E-state index contributed by atoms with van der Waals surface area (Å²) in [4.78, 5) is 12.9. The van der Waals surface area contributed by atoms with Crippen LogP contribution in [0.25, 0.3) is 0 Å². The Balaban J connectivity index is 2.28. The Labute approximate surface area is 101 Å². The summed E-state index contributed by atoms with van der Waals surface area (Å²) in [7, 11) is 0. The van der Waals surface area contributed by atoms with Crippen molar-refractivity contribution in [1.29, 1.82) is 0 Å². The third-order valence-corrected chi connectivity index (χ3v) is 3.33. The molecule has 1 amide bonds. The van der Waals surface area contributed by atoms with Gasteiger partial charge in [-0.3, -0.25) is 4.79 Å². The number of amides is 1. The van der Waals surface area contributed by atoms with E-state index >= 15 is 0 Å². The fourth-order valence-electron chi connectivity index (χ4n) is 1.52. The average Bonchev–Trinajstić information content (AvgIpc) is 2.69. The van der Waals surface area contributed by atoms with E-state index in [-0.39, 0.29) is 17.9 Å². The lowest BCUT2D eigenvalue weighted by atomic mass is 10.1. The van der Waals surface area contributed by atoms with E-state index < -0.39 is 0 Å². The molecule has 0 bridgehead atoms. The summed E-state index contributed by atoms with van der Waals surface area (Å²) < 4.78 is 0. The van der Waals surface area contributed by atoms with Gasteiger partial charge in [0.25, 0.3) is 0 Å². The molecule has 2 atom stereocenters. The van der Waals surface area contributed by atoms with E-state index in [0.717, 1.165) is 6.42 Å². The Morgan fingerprint density at radius 2 is 2.31 bits per heavy atom. The maximum atomic E-state index is 11.6. The fourth-order valence-corrected chi connectivity index (χ4v) is 2.35. The predicted molar refractivity (Wildman–Crippen MR) is 68.5 cm³/mol. The van der Waals surface area contributed by atoms with Crippen LogP contribution in [0.3, 0.4) is 0 Å². The second kappa shape index (κ2) is 6.66. The predicted octanol–water partition coefficient (Wildman–Crippen LogP) is 1.78. The number of rotatable bonds is 6. The first-order chi connectivity index (χ1) is 7.61. The minimum Gasteiger partial charge on any atom is -0.353 e. The summed E-state index contributed by atoms with van der Waals surface area (Å²) in [5, 5.41) is 5.05. The first-order valence-corrected chi connectivity index (χ1v) is 6.51. The van der Waals surface area contributed by atoms with Gasteiger partial charge < -0.3 is 11.1 Å². The third kappa shape index (κ3) is 4.77. The molecule has 4 heteroatoms. The van der Waals surface area contributed by atoms with E-state index in [1.807, 2.05) is 19.9 Å².